The molecule has 0 saturated carbocycles. The van der Waals surface area contributed by atoms with Gasteiger partial charge in [-0.1, -0.05) is 12.1 Å². The lowest BCUT2D eigenvalue weighted by Gasteiger charge is -2.33. The van der Waals surface area contributed by atoms with E-state index in [9.17, 15) is 14.4 Å². The van der Waals surface area contributed by atoms with Crippen LogP contribution in [0.15, 0.2) is 42.5 Å². The van der Waals surface area contributed by atoms with Gasteiger partial charge in [0.1, 0.15) is 11.9 Å². The predicted octanol–water partition coefficient (Wildman–Crippen LogP) is 3.70. The van der Waals surface area contributed by atoms with Crippen LogP contribution in [-0.4, -0.2) is 37.0 Å². The molecule has 7 nitrogen and oxygen atoms in total. The summed E-state index contributed by atoms with van der Waals surface area (Å²) in [5, 5.41) is 2.73. The third-order valence-electron chi connectivity index (χ3n) is 4.70. The van der Waals surface area contributed by atoms with E-state index in [2.05, 4.69) is 5.32 Å². The highest BCUT2D eigenvalue weighted by Gasteiger charge is 2.27. The summed E-state index contributed by atoms with van der Waals surface area (Å²) >= 11 is 0. The van der Waals surface area contributed by atoms with E-state index in [4.69, 9.17) is 9.47 Å². The number of benzene rings is 2. The van der Waals surface area contributed by atoms with Crippen molar-refractivity contribution in [3.05, 3.63) is 53.6 Å². The molecule has 158 valence electrons. The molecular weight excluding hydrogens is 384 g/mol. The molecule has 30 heavy (non-hydrogen) atoms. The van der Waals surface area contributed by atoms with Gasteiger partial charge in [0.05, 0.1) is 24.4 Å². The lowest BCUT2D eigenvalue weighted by atomic mass is 10.1. The van der Waals surface area contributed by atoms with Crippen LogP contribution in [-0.2, 0) is 14.3 Å². The van der Waals surface area contributed by atoms with E-state index in [0.717, 1.165) is 11.3 Å². The first-order valence-corrected chi connectivity index (χ1v) is 10.0. The van der Waals surface area contributed by atoms with E-state index in [1.54, 1.807) is 36.1 Å². The van der Waals surface area contributed by atoms with E-state index >= 15 is 0 Å². The van der Waals surface area contributed by atoms with E-state index in [-0.39, 0.29) is 37.4 Å². The van der Waals surface area contributed by atoms with Crippen LogP contribution in [0.4, 0.5) is 11.4 Å². The maximum Gasteiger partial charge on any atom is 0.338 e. The normalized spacial score (nSPS) is 15.0. The van der Waals surface area contributed by atoms with Gasteiger partial charge in [-0.2, -0.15) is 0 Å². The Bertz CT molecular complexity index is 956. The van der Waals surface area contributed by atoms with Crippen molar-refractivity contribution in [2.75, 3.05) is 23.4 Å². The van der Waals surface area contributed by atoms with Gasteiger partial charge >= 0.3 is 5.97 Å². The van der Waals surface area contributed by atoms with Crippen LogP contribution in [0.2, 0.25) is 0 Å². The first kappa shape index (κ1) is 21.4. The van der Waals surface area contributed by atoms with Crippen molar-refractivity contribution >= 4 is 29.2 Å². The number of carbonyl (C=O) groups is 3. The van der Waals surface area contributed by atoms with Crippen molar-refractivity contribution in [1.29, 1.82) is 0 Å². The Morgan fingerprint density at radius 2 is 1.97 bits per heavy atom. The summed E-state index contributed by atoms with van der Waals surface area (Å²) in [6.07, 6.45) is -0.0117. The summed E-state index contributed by atoms with van der Waals surface area (Å²) < 4.78 is 10.8. The van der Waals surface area contributed by atoms with Crippen LogP contribution in [0, 0.1) is 6.92 Å². The summed E-state index contributed by atoms with van der Waals surface area (Å²) in [6, 6.07) is 12.3. The highest BCUT2D eigenvalue weighted by molar-refractivity contribution is 6.00. The van der Waals surface area contributed by atoms with E-state index in [1.807, 2.05) is 32.0 Å². The lowest BCUT2D eigenvalue weighted by Crippen LogP contribution is -2.42. The Morgan fingerprint density at radius 3 is 2.73 bits per heavy atom. The number of esters is 1. The second-order valence-corrected chi connectivity index (χ2v) is 7.25. The molecule has 7 heteroatoms. The maximum atomic E-state index is 12.8. The standard InChI is InChI=1S/C23H26N2O5/c1-4-29-23(28)17-6-5-7-18(13-17)24-21(26)10-11-22(27)25-14-16(3)30-20-9-8-15(2)12-19(20)25/h5-9,12-13,16H,4,10-11,14H2,1-3H3,(H,24,26)/t16-/m1/s1. The number of nitrogens with zero attached hydrogens (tertiary/aromatic N) is 1. The van der Waals surface area contributed by atoms with Gasteiger partial charge < -0.3 is 19.7 Å². The van der Waals surface area contributed by atoms with Crippen LogP contribution >= 0.6 is 0 Å². The second-order valence-electron chi connectivity index (χ2n) is 7.25. The molecule has 2 aromatic rings. The fourth-order valence-corrected chi connectivity index (χ4v) is 3.30. The van der Waals surface area contributed by atoms with E-state index in [0.29, 0.717) is 23.5 Å². The summed E-state index contributed by atoms with van der Waals surface area (Å²) in [5.41, 5.74) is 2.61. The van der Waals surface area contributed by atoms with Crippen molar-refractivity contribution in [2.45, 2.75) is 39.7 Å². The molecule has 2 amide bonds. The number of ether oxygens (including phenoxy) is 2. The van der Waals surface area contributed by atoms with E-state index in [1.165, 1.54) is 0 Å². The first-order chi connectivity index (χ1) is 14.4. The molecule has 0 unspecified atom stereocenters. The second kappa shape index (κ2) is 9.43. The summed E-state index contributed by atoms with van der Waals surface area (Å²) in [5.74, 6) is -0.199. The molecule has 2 aromatic carbocycles. The number of hydrogen-bond acceptors (Lipinski definition) is 5. The summed E-state index contributed by atoms with van der Waals surface area (Å²) in [4.78, 5) is 38.7. The Kier molecular flexibility index (Phi) is 6.72. The molecule has 0 saturated heterocycles. The van der Waals surface area contributed by atoms with Crippen molar-refractivity contribution in [3.63, 3.8) is 0 Å². The SMILES string of the molecule is CCOC(=O)c1cccc(NC(=O)CCC(=O)N2C[C@@H](C)Oc3ccc(C)cc32)c1. The molecule has 1 aliphatic heterocycles. The van der Waals surface area contributed by atoms with Crippen molar-refractivity contribution in [1.82, 2.24) is 0 Å². The Morgan fingerprint density at radius 1 is 1.17 bits per heavy atom. The Balaban J connectivity index is 1.60. The number of fused-ring (bicyclic) bond motifs is 1. The lowest BCUT2D eigenvalue weighted by molar-refractivity contribution is -0.122. The number of anilines is 2. The van der Waals surface area contributed by atoms with Gasteiger partial charge in [0, 0.05) is 18.5 Å². The number of hydrogen-bond donors (Lipinski definition) is 1. The number of rotatable bonds is 6. The molecule has 1 aliphatic rings. The minimum atomic E-state index is -0.445. The Hall–Kier alpha value is -3.35. The topological polar surface area (TPSA) is 84.9 Å². The average molecular weight is 410 g/mol. The molecule has 1 N–H and O–H groups in total. The van der Waals surface area contributed by atoms with Crippen molar-refractivity contribution in [3.8, 4) is 5.75 Å². The van der Waals surface area contributed by atoms with Crippen molar-refractivity contribution < 1.29 is 23.9 Å². The molecule has 0 bridgehead atoms. The minimum absolute atomic E-state index is 0.0371. The van der Waals surface area contributed by atoms with Crippen LogP contribution in [0.5, 0.6) is 5.75 Å². The van der Waals surface area contributed by atoms with Gasteiger partial charge in [-0.15, -0.1) is 0 Å². The maximum absolute atomic E-state index is 12.8. The fourth-order valence-electron chi connectivity index (χ4n) is 3.30. The number of amides is 2. The van der Waals surface area contributed by atoms with Gasteiger partial charge in [0.15, 0.2) is 0 Å². The molecule has 1 heterocycles. The van der Waals surface area contributed by atoms with E-state index < -0.39 is 5.97 Å². The third kappa shape index (κ3) is 5.17. The highest BCUT2D eigenvalue weighted by atomic mass is 16.5. The van der Waals surface area contributed by atoms with Gasteiger partial charge in [-0.3, -0.25) is 9.59 Å². The third-order valence-corrected chi connectivity index (χ3v) is 4.70. The summed E-state index contributed by atoms with van der Waals surface area (Å²) in [6.45, 7) is 6.32. The molecule has 0 aliphatic carbocycles. The van der Waals surface area contributed by atoms with Gasteiger partial charge in [-0.25, -0.2) is 4.79 Å². The van der Waals surface area contributed by atoms with Crippen LogP contribution in [0.25, 0.3) is 0 Å². The van der Waals surface area contributed by atoms with Crippen LogP contribution in [0.1, 0.15) is 42.6 Å². The molecule has 3 rings (SSSR count). The first-order valence-electron chi connectivity index (χ1n) is 10.0. The monoisotopic (exact) mass is 410 g/mol. The minimum Gasteiger partial charge on any atom is -0.487 e. The molecule has 0 spiro atoms. The Labute approximate surface area is 176 Å². The average Bonchev–Trinajstić information content (AvgIpc) is 2.72. The molecule has 0 radical (unpaired) electrons. The quantitative estimate of drug-likeness (QED) is 0.734. The fraction of sp³-hybridized carbons (Fsp3) is 0.348. The molecular formula is C23H26N2O5. The van der Waals surface area contributed by atoms with Gasteiger partial charge in [0.2, 0.25) is 11.8 Å². The van der Waals surface area contributed by atoms with Crippen LogP contribution in [0.3, 0.4) is 0 Å². The smallest absolute Gasteiger partial charge is 0.338 e. The molecule has 1 atom stereocenters. The largest absolute Gasteiger partial charge is 0.487 e. The van der Waals surface area contributed by atoms with Gasteiger partial charge in [0.25, 0.3) is 0 Å². The molecule has 0 fully saturated rings. The number of nitrogens with one attached hydrogen (secondary N) is 1. The van der Waals surface area contributed by atoms with Crippen molar-refractivity contribution in [2.24, 2.45) is 0 Å². The number of aryl methyl sites for hydroxylation is 1. The highest BCUT2D eigenvalue weighted by Crippen LogP contribution is 2.34. The zero-order chi connectivity index (χ0) is 21.7. The number of carbonyl (C=O) groups excluding carboxylic acids is 3. The van der Waals surface area contributed by atoms with Crippen LogP contribution < -0.4 is 15.0 Å². The predicted molar refractivity (Wildman–Crippen MR) is 114 cm³/mol. The summed E-state index contributed by atoms with van der Waals surface area (Å²) in [7, 11) is 0. The molecule has 0 aromatic heterocycles. The van der Waals surface area contributed by atoms with Gasteiger partial charge in [-0.05, 0) is 56.7 Å². The zero-order valence-corrected chi connectivity index (χ0v) is 17.4. The zero-order valence-electron chi connectivity index (χ0n) is 17.4.